The minimum absolute atomic E-state index is 0.0413. The molecule has 2 aromatic carbocycles. The van der Waals surface area contributed by atoms with Crippen LogP contribution >= 0.6 is 0 Å². The van der Waals surface area contributed by atoms with E-state index < -0.39 is 23.8 Å². The van der Waals surface area contributed by atoms with E-state index in [1.807, 2.05) is 30.3 Å². The van der Waals surface area contributed by atoms with Gasteiger partial charge in [0, 0.05) is 40.2 Å². The summed E-state index contributed by atoms with van der Waals surface area (Å²) in [4.78, 5) is 66.0. The Morgan fingerprint density at radius 3 is 1.91 bits per heavy atom. The van der Waals surface area contributed by atoms with Crippen LogP contribution in [0.2, 0.25) is 0 Å². The Kier molecular flexibility index (Phi) is 19.8. The van der Waals surface area contributed by atoms with Gasteiger partial charge in [-0.25, -0.2) is 4.79 Å². The molecule has 0 radical (unpaired) electrons. The lowest BCUT2D eigenvalue weighted by Crippen LogP contribution is -2.47. The average molecular weight is 655 g/mol. The summed E-state index contributed by atoms with van der Waals surface area (Å²) in [5, 5.41) is 8.11. The molecule has 0 saturated carbocycles. The molecule has 0 saturated heterocycles. The number of nitrogens with one attached hydrogen (secondary N) is 4. The van der Waals surface area contributed by atoms with Gasteiger partial charge in [0.25, 0.3) is 5.91 Å². The number of hydrogen-bond donors (Lipinski definition) is 4. The second kappa shape index (κ2) is 24.0. The second-order valence-electron chi connectivity index (χ2n) is 11.2. The van der Waals surface area contributed by atoms with E-state index in [0.717, 1.165) is 31.2 Å². The fraction of sp³-hybridized carbons (Fsp3) is 0.514. The number of hydroxylamine groups is 1. The summed E-state index contributed by atoms with van der Waals surface area (Å²) in [6, 6.07) is 17.4. The first kappa shape index (κ1) is 38.9. The van der Waals surface area contributed by atoms with Gasteiger partial charge in [-0.15, -0.1) is 0 Å². The van der Waals surface area contributed by atoms with E-state index in [0.29, 0.717) is 32.4 Å². The van der Waals surface area contributed by atoms with Crippen molar-refractivity contribution < 1.29 is 38.3 Å². The number of benzene rings is 2. The van der Waals surface area contributed by atoms with Crippen LogP contribution in [0.25, 0.3) is 0 Å². The Hall–Kier alpha value is -4.29. The van der Waals surface area contributed by atoms with Gasteiger partial charge in [0.2, 0.25) is 17.7 Å². The molecular weight excluding hydrogens is 604 g/mol. The normalized spacial score (nSPS) is 11.3. The number of rotatable bonds is 23. The lowest BCUT2D eigenvalue weighted by atomic mass is 10.0. The SMILES string of the molecule is COCCC(=O)NCCCC[C@H](NC(=O)CCOC)C(=O)NCCC(=O)ONC(=O)Cc1ccc(CCCCc2ccccc2)cc1. The highest BCUT2D eigenvalue weighted by atomic mass is 16.7. The minimum atomic E-state index is -0.819. The topological polar surface area (TPSA) is 161 Å². The van der Waals surface area contributed by atoms with Gasteiger partial charge in [0.05, 0.1) is 26.1 Å². The van der Waals surface area contributed by atoms with E-state index >= 15 is 0 Å². The van der Waals surface area contributed by atoms with Crippen molar-refractivity contribution in [2.24, 2.45) is 0 Å². The molecule has 2 rings (SSSR count). The fourth-order valence-corrected chi connectivity index (χ4v) is 4.64. The zero-order valence-corrected chi connectivity index (χ0v) is 27.6. The van der Waals surface area contributed by atoms with Gasteiger partial charge in [-0.2, -0.15) is 5.48 Å². The number of methoxy groups -OCH3 is 2. The van der Waals surface area contributed by atoms with Gasteiger partial charge in [0.15, 0.2) is 0 Å². The van der Waals surface area contributed by atoms with Crippen molar-refractivity contribution in [1.82, 2.24) is 21.4 Å². The predicted octanol–water partition coefficient (Wildman–Crippen LogP) is 2.72. The maximum absolute atomic E-state index is 12.8. The first-order valence-corrected chi connectivity index (χ1v) is 16.2. The van der Waals surface area contributed by atoms with Crippen LogP contribution in [0.4, 0.5) is 0 Å². The molecule has 0 aliphatic carbocycles. The van der Waals surface area contributed by atoms with Crippen LogP contribution in [0, 0.1) is 0 Å². The van der Waals surface area contributed by atoms with E-state index in [1.54, 1.807) is 0 Å². The highest BCUT2D eigenvalue weighted by molar-refractivity contribution is 5.88. The summed E-state index contributed by atoms with van der Waals surface area (Å²) in [7, 11) is 3.00. The van der Waals surface area contributed by atoms with Crippen LogP contribution < -0.4 is 21.4 Å². The summed E-state index contributed by atoms with van der Waals surface area (Å²) >= 11 is 0. The molecule has 47 heavy (non-hydrogen) atoms. The van der Waals surface area contributed by atoms with Gasteiger partial charge in [0.1, 0.15) is 6.04 Å². The van der Waals surface area contributed by atoms with Crippen LogP contribution in [-0.4, -0.2) is 76.2 Å². The maximum atomic E-state index is 12.8. The summed E-state index contributed by atoms with van der Waals surface area (Å²) < 4.78 is 9.80. The molecule has 4 N–H and O–H groups in total. The number of ether oxygens (including phenoxy) is 2. The summed E-state index contributed by atoms with van der Waals surface area (Å²) in [6.45, 7) is 0.950. The molecule has 0 aliphatic rings. The molecule has 0 spiro atoms. The van der Waals surface area contributed by atoms with E-state index in [1.165, 1.54) is 25.3 Å². The molecule has 0 heterocycles. The number of carbonyl (C=O) groups excluding carboxylic acids is 5. The average Bonchev–Trinajstić information content (AvgIpc) is 3.07. The third kappa shape index (κ3) is 18.4. The number of hydrogen-bond acceptors (Lipinski definition) is 8. The van der Waals surface area contributed by atoms with Gasteiger partial charge in [-0.05, 0) is 61.6 Å². The van der Waals surface area contributed by atoms with Gasteiger partial charge in [-0.3, -0.25) is 19.2 Å². The first-order valence-electron chi connectivity index (χ1n) is 16.2. The van der Waals surface area contributed by atoms with Crippen molar-refractivity contribution in [3.05, 3.63) is 71.3 Å². The Labute approximate surface area is 277 Å². The van der Waals surface area contributed by atoms with Crippen LogP contribution in [0.3, 0.4) is 0 Å². The second-order valence-corrected chi connectivity index (χ2v) is 11.2. The zero-order chi connectivity index (χ0) is 34.1. The Morgan fingerprint density at radius 1 is 0.638 bits per heavy atom. The van der Waals surface area contributed by atoms with Crippen LogP contribution in [-0.2, 0) is 57.5 Å². The molecule has 0 aliphatic heterocycles. The molecule has 2 aromatic rings. The van der Waals surface area contributed by atoms with Crippen molar-refractivity contribution >= 4 is 29.6 Å². The van der Waals surface area contributed by atoms with Crippen molar-refractivity contribution in [2.45, 2.75) is 76.7 Å². The molecule has 0 aromatic heterocycles. The maximum Gasteiger partial charge on any atom is 0.334 e. The lowest BCUT2D eigenvalue weighted by Gasteiger charge is -2.18. The minimum Gasteiger partial charge on any atom is -0.384 e. The van der Waals surface area contributed by atoms with Crippen molar-refractivity contribution in [3.8, 4) is 0 Å². The van der Waals surface area contributed by atoms with Crippen molar-refractivity contribution in [3.63, 3.8) is 0 Å². The highest BCUT2D eigenvalue weighted by Gasteiger charge is 2.20. The van der Waals surface area contributed by atoms with Gasteiger partial charge >= 0.3 is 5.97 Å². The van der Waals surface area contributed by atoms with E-state index in [4.69, 9.17) is 14.3 Å². The summed E-state index contributed by atoms with van der Waals surface area (Å²) in [6.07, 6.45) is 5.96. The standard InChI is InChI=1S/C35H50N4O8/c1-45-24-20-31(40)36-22-9-8-14-30(38-32(41)21-25-46-2)35(44)37-23-19-34(43)47-39-33(42)26-29-17-15-28(16-18-29)13-7-6-12-27-10-4-3-5-11-27/h3-5,10-11,15-18,30H,6-9,12-14,19-26H2,1-2H3,(H,36,40)(H,37,44)(H,38,41)(H,39,42)/t30-/m0/s1. The molecular formula is C35H50N4O8. The smallest absolute Gasteiger partial charge is 0.334 e. The first-order chi connectivity index (χ1) is 22.8. The lowest BCUT2D eigenvalue weighted by molar-refractivity contribution is -0.158. The summed E-state index contributed by atoms with van der Waals surface area (Å²) in [5.41, 5.74) is 5.50. The Bertz CT molecular complexity index is 1220. The van der Waals surface area contributed by atoms with Crippen LogP contribution in [0.1, 0.15) is 68.1 Å². The highest BCUT2D eigenvalue weighted by Crippen LogP contribution is 2.11. The third-order valence-corrected chi connectivity index (χ3v) is 7.28. The number of aryl methyl sites for hydroxylation is 2. The number of amides is 4. The molecule has 0 fully saturated rings. The van der Waals surface area contributed by atoms with Gasteiger partial charge in [-0.1, -0.05) is 54.6 Å². The predicted molar refractivity (Wildman–Crippen MR) is 177 cm³/mol. The van der Waals surface area contributed by atoms with Gasteiger partial charge < -0.3 is 30.3 Å². The Balaban J connectivity index is 1.66. The van der Waals surface area contributed by atoms with Crippen LogP contribution in [0.15, 0.2) is 54.6 Å². The molecule has 0 bridgehead atoms. The number of unbranched alkanes of at least 4 members (excludes halogenated alkanes) is 2. The molecule has 258 valence electrons. The van der Waals surface area contributed by atoms with Crippen LogP contribution in [0.5, 0.6) is 0 Å². The monoisotopic (exact) mass is 654 g/mol. The van der Waals surface area contributed by atoms with Crippen molar-refractivity contribution in [1.29, 1.82) is 0 Å². The zero-order valence-electron chi connectivity index (χ0n) is 27.6. The quantitative estimate of drug-likeness (QED) is 0.105. The van der Waals surface area contributed by atoms with E-state index in [2.05, 4.69) is 45.7 Å². The molecule has 4 amide bonds. The molecule has 0 unspecified atom stereocenters. The van der Waals surface area contributed by atoms with E-state index in [-0.39, 0.29) is 50.6 Å². The summed E-state index contributed by atoms with van der Waals surface area (Å²) in [5.74, 6) is -2.08. The number of carbonyl (C=O) groups is 5. The van der Waals surface area contributed by atoms with E-state index in [9.17, 15) is 24.0 Å². The molecule has 12 nitrogen and oxygen atoms in total. The largest absolute Gasteiger partial charge is 0.384 e. The Morgan fingerprint density at radius 2 is 1.26 bits per heavy atom. The third-order valence-electron chi connectivity index (χ3n) is 7.28. The van der Waals surface area contributed by atoms with Crippen molar-refractivity contribution in [2.75, 3.05) is 40.5 Å². The fourth-order valence-electron chi connectivity index (χ4n) is 4.64. The molecule has 12 heteroatoms. The molecule has 1 atom stereocenters.